The molecule has 0 radical (unpaired) electrons. The molecule has 0 fully saturated rings. The number of rotatable bonds is 8. The molecule has 34 heavy (non-hydrogen) atoms. The highest BCUT2D eigenvalue weighted by atomic mass is 127. The van der Waals surface area contributed by atoms with E-state index in [-0.39, 0.29) is 0 Å². The largest absolute Gasteiger partial charge is 0.494 e. The summed E-state index contributed by atoms with van der Waals surface area (Å²) in [7, 11) is 0. The van der Waals surface area contributed by atoms with Gasteiger partial charge in [0.05, 0.1) is 17.6 Å². The van der Waals surface area contributed by atoms with Gasteiger partial charge in [-0.2, -0.15) is 0 Å². The Morgan fingerprint density at radius 3 is 2.24 bits per heavy atom. The maximum Gasteiger partial charge on any atom is 0.174 e. The maximum atomic E-state index is 5.65. The van der Waals surface area contributed by atoms with Crippen LogP contribution >= 0.6 is 34.4 Å². The number of halogens is 1. The molecule has 0 saturated carbocycles. The lowest BCUT2D eigenvalue weighted by molar-refractivity contribution is 0.340. The number of thioether (sulfide) groups is 1. The minimum Gasteiger partial charge on any atom is -0.494 e. The van der Waals surface area contributed by atoms with Gasteiger partial charge in [-0.15, -0.1) is 0 Å². The number of aromatic nitrogens is 2. The summed E-state index contributed by atoms with van der Waals surface area (Å²) < 4.78 is 8.89. The molecule has 4 aromatic carbocycles. The van der Waals surface area contributed by atoms with Crippen LogP contribution in [-0.2, 0) is 10.2 Å². The van der Waals surface area contributed by atoms with Crippen LogP contribution in [-0.4, -0.2) is 16.2 Å². The fourth-order valence-corrected chi connectivity index (χ4v) is 5.42. The van der Waals surface area contributed by atoms with Crippen molar-refractivity contribution in [3.05, 3.63) is 108 Å². The van der Waals surface area contributed by atoms with Crippen LogP contribution in [0, 0.1) is 0 Å². The molecule has 170 valence electrons. The second-order valence-corrected chi connectivity index (χ2v) is 9.67. The van der Waals surface area contributed by atoms with Crippen LogP contribution in [0.2, 0.25) is 0 Å². The van der Waals surface area contributed by atoms with Gasteiger partial charge in [0.1, 0.15) is 5.75 Å². The molecule has 3 nitrogen and oxygen atoms in total. The molecule has 0 unspecified atom stereocenters. The van der Waals surface area contributed by atoms with Gasteiger partial charge >= 0.3 is 0 Å². The van der Waals surface area contributed by atoms with Gasteiger partial charge < -0.3 is 4.74 Å². The summed E-state index contributed by atoms with van der Waals surface area (Å²) in [6, 6.07) is 34.2. The van der Waals surface area contributed by atoms with Crippen LogP contribution in [0.15, 0.2) is 102 Å². The van der Waals surface area contributed by atoms with Crippen LogP contribution in [0.4, 0.5) is 0 Å². The first kappa shape index (κ1) is 23.0. The van der Waals surface area contributed by atoms with Gasteiger partial charge in [-0.3, -0.25) is 4.57 Å². The van der Waals surface area contributed by atoms with Crippen molar-refractivity contribution in [3.8, 4) is 22.6 Å². The SMILES string of the molecule is CCOc1ccc(-n2c(SCc3ccc(-c4ccccc4)cc3)nc3ccc(CI)cc32)cc1. The third-order valence-corrected chi connectivity index (χ3v) is 7.57. The maximum absolute atomic E-state index is 5.65. The standard InChI is InChI=1S/C29H25IN2OS/c1-2-33-26-15-13-25(14-16-26)32-28-18-22(19-30)10-17-27(28)31-29(32)34-20-21-8-11-24(12-9-21)23-6-4-3-5-7-23/h3-18H,2,19-20H2,1H3. The van der Waals surface area contributed by atoms with Crippen molar-refractivity contribution >= 4 is 45.4 Å². The van der Waals surface area contributed by atoms with E-state index < -0.39 is 0 Å². The molecule has 0 aliphatic rings. The summed E-state index contributed by atoms with van der Waals surface area (Å²) in [4.78, 5) is 5.00. The molecule has 0 spiro atoms. The molecule has 1 aromatic heterocycles. The summed E-state index contributed by atoms with van der Waals surface area (Å²) >= 11 is 4.18. The smallest absolute Gasteiger partial charge is 0.174 e. The molecule has 0 N–H and O–H groups in total. The predicted molar refractivity (Wildman–Crippen MR) is 151 cm³/mol. The summed E-state index contributed by atoms with van der Waals surface area (Å²) in [5.41, 5.74) is 8.31. The van der Waals surface area contributed by atoms with Gasteiger partial charge in [0.2, 0.25) is 0 Å². The van der Waals surface area contributed by atoms with E-state index in [9.17, 15) is 0 Å². The minimum atomic E-state index is 0.663. The van der Waals surface area contributed by atoms with Crippen molar-refractivity contribution in [2.75, 3.05) is 6.61 Å². The zero-order valence-electron chi connectivity index (χ0n) is 18.9. The molecule has 0 aliphatic heterocycles. The highest BCUT2D eigenvalue weighted by molar-refractivity contribution is 14.1. The number of alkyl halides is 1. The molecule has 0 aliphatic carbocycles. The fourth-order valence-electron chi connectivity index (χ4n) is 3.96. The van der Waals surface area contributed by atoms with E-state index in [0.717, 1.165) is 37.8 Å². The van der Waals surface area contributed by atoms with Crippen LogP contribution < -0.4 is 4.74 Å². The van der Waals surface area contributed by atoms with E-state index in [2.05, 4.69) is 106 Å². The van der Waals surface area contributed by atoms with Crippen molar-refractivity contribution in [2.24, 2.45) is 0 Å². The molecule has 0 atom stereocenters. The number of hydrogen-bond donors (Lipinski definition) is 0. The fraction of sp³-hybridized carbons (Fsp3) is 0.138. The molecular weight excluding hydrogens is 551 g/mol. The van der Waals surface area contributed by atoms with E-state index >= 15 is 0 Å². The molecule has 5 heteroatoms. The summed E-state index contributed by atoms with van der Waals surface area (Å²) in [5.74, 6) is 1.74. The van der Waals surface area contributed by atoms with Gasteiger partial charge in [0.15, 0.2) is 5.16 Å². The Balaban J connectivity index is 1.45. The molecule has 0 amide bonds. The average molecular weight is 577 g/mol. The van der Waals surface area contributed by atoms with Gasteiger partial charge in [0.25, 0.3) is 0 Å². The number of hydrogen-bond acceptors (Lipinski definition) is 3. The Morgan fingerprint density at radius 1 is 0.824 bits per heavy atom. The first-order valence-electron chi connectivity index (χ1n) is 11.3. The zero-order chi connectivity index (χ0) is 23.3. The van der Waals surface area contributed by atoms with Crippen LogP contribution in [0.25, 0.3) is 27.8 Å². The van der Waals surface area contributed by atoms with E-state index in [1.165, 1.54) is 22.3 Å². The number of benzene rings is 4. The number of ether oxygens (including phenoxy) is 1. The Hall–Kier alpha value is -2.77. The summed E-state index contributed by atoms with van der Waals surface area (Å²) in [6.45, 7) is 2.67. The molecule has 5 aromatic rings. The summed E-state index contributed by atoms with van der Waals surface area (Å²) in [5, 5.41) is 0.997. The zero-order valence-corrected chi connectivity index (χ0v) is 21.9. The number of nitrogens with zero attached hydrogens (tertiary/aromatic N) is 2. The topological polar surface area (TPSA) is 27.1 Å². The highest BCUT2D eigenvalue weighted by Crippen LogP contribution is 2.32. The van der Waals surface area contributed by atoms with Crippen LogP contribution in [0.3, 0.4) is 0 Å². The summed E-state index contributed by atoms with van der Waals surface area (Å²) in [6.07, 6.45) is 0. The van der Waals surface area contributed by atoms with Crippen molar-refractivity contribution in [3.63, 3.8) is 0 Å². The monoisotopic (exact) mass is 576 g/mol. The van der Waals surface area contributed by atoms with Gasteiger partial charge in [0, 0.05) is 15.9 Å². The molecule has 0 saturated heterocycles. The Labute approximate surface area is 218 Å². The lowest BCUT2D eigenvalue weighted by Crippen LogP contribution is -1.98. The van der Waals surface area contributed by atoms with Crippen LogP contribution in [0.5, 0.6) is 5.75 Å². The first-order valence-corrected chi connectivity index (χ1v) is 13.8. The average Bonchev–Trinajstić information content (AvgIpc) is 3.26. The lowest BCUT2D eigenvalue weighted by Gasteiger charge is -2.11. The second-order valence-electron chi connectivity index (χ2n) is 7.97. The predicted octanol–water partition coefficient (Wildman–Crippen LogP) is 8.32. The molecule has 5 rings (SSSR count). The Bertz CT molecular complexity index is 1380. The van der Waals surface area contributed by atoms with Crippen molar-refractivity contribution in [1.82, 2.24) is 9.55 Å². The number of fused-ring (bicyclic) bond motifs is 1. The minimum absolute atomic E-state index is 0.663. The van der Waals surface area contributed by atoms with E-state index in [4.69, 9.17) is 9.72 Å². The highest BCUT2D eigenvalue weighted by Gasteiger charge is 2.14. The van der Waals surface area contributed by atoms with Crippen molar-refractivity contribution in [2.45, 2.75) is 22.3 Å². The van der Waals surface area contributed by atoms with Gasteiger partial charge in [-0.05, 0) is 65.6 Å². The molecular formula is C29H25IN2OS. The first-order chi connectivity index (χ1) is 16.7. The quantitative estimate of drug-likeness (QED) is 0.106. The molecule has 1 heterocycles. The third kappa shape index (κ3) is 5.00. The normalized spacial score (nSPS) is 11.1. The Kier molecular flexibility index (Phi) is 7.21. The van der Waals surface area contributed by atoms with E-state index in [0.29, 0.717) is 6.61 Å². The Morgan fingerprint density at radius 2 is 1.53 bits per heavy atom. The van der Waals surface area contributed by atoms with Gasteiger partial charge in [-0.1, -0.05) is 95.0 Å². The van der Waals surface area contributed by atoms with Gasteiger partial charge in [-0.25, -0.2) is 4.98 Å². The molecule has 0 bridgehead atoms. The van der Waals surface area contributed by atoms with Crippen molar-refractivity contribution in [1.29, 1.82) is 0 Å². The third-order valence-electron chi connectivity index (χ3n) is 5.68. The van der Waals surface area contributed by atoms with Crippen LogP contribution in [0.1, 0.15) is 18.1 Å². The lowest BCUT2D eigenvalue weighted by atomic mass is 10.0. The van der Waals surface area contributed by atoms with E-state index in [1.807, 2.05) is 25.1 Å². The van der Waals surface area contributed by atoms with E-state index in [1.54, 1.807) is 11.8 Å². The number of imidazole rings is 1. The van der Waals surface area contributed by atoms with Crippen molar-refractivity contribution < 1.29 is 4.74 Å². The second kappa shape index (κ2) is 10.7.